The molecule has 2 aromatic carbocycles. The van der Waals surface area contributed by atoms with Crippen LogP contribution in [0.2, 0.25) is 10.0 Å². The molecule has 2 amide bonds. The molecule has 2 aromatic heterocycles. The molecule has 0 aliphatic carbocycles. The monoisotopic (exact) mass is 762 g/mol. The van der Waals surface area contributed by atoms with Gasteiger partial charge in [-0.15, -0.1) is 11.6 Å². The first-order valence-electron chi connectivity index (χ1n) is 14.5. The van der Waals surface area contributed by atoms with Gasteiger partial charge in [-0.25, -0.2) is 9.97 Å². The van der Waals surface area contributed by atoms with Gasteiger partial charge in [-0.05, 0) is 109 Å². The fourth-order valence-electron chi connectivity index (χ4n) is 3.21. The average molecular weight is 764 g/mol. The van der Waals surface area contributed by atoms with Gasteiger partial charge in [-0.3, -0.25) is 14.0 Å². The number of hydrogen-bond acceptors (Lipinski definition) is 10. The number of nitrogens with one attached hydrogen (secondary N) is 3. The number of benzene rings is 2. The summed E-state index contributed by atoms with van der Waals surface area (Å²) in [5.74, 6) is 1.85. The van der Waals surface area contributed by atoms with Gasteiger partial charge in [0, 0.05) is 47.5 Å². The van der Waals surface area contributed by atoms with Crippen LogP contribution >= 0.6 is 81.8 Å². The molecule has 3 N–H and O–H groups in total. The van der Waals surface area contributed by atoms with E-state index in [4.69, 9.17) is 51.8 Å². The topological polar surface area (TPSA) is 122 Å². The average Bonchev–Trinajstić information content (AvgIpc) is 3.88. The van der Waals surface area contributed by atoms with Crippen LogP contribution in [-0.4, -0.2) is 68.5 Å². The maximum Gasteiger partial charge on any atom is 0.234 e. The molecular weight excluding hydrogens is 727 g/mol. The number of aromatic nitrogens is 4. The number of aromatic amines is 1. The van der Waals surface area contributed by atoms with E-state index >= 15 is 0 Å². The largest absolute Gasteiger partial charge is 0.381 e. The molecule has 0 bridgehead atoms. The normalized spacial score (nSPS) is 11.6. The van der Waals surface area contributed by atoms with Gasteiger partial charge >= 0.3 is 0 Å². The Morgan fingerprint density at radius 2 is 1.48 bits per heavy atom. The lowest BCUT2D eigenvalue weighted by Gasteiger charge is -2.00. The smallest absolute Gasteiger partial charge is 0.234 e. The Labute approximate surface area is 302 Å². The molecular formula is C30H37Cl3N6O3S4. The van der Waals surface area contributed by atoms with Crippen molar-refractivity contribution in [2.24, 2.45) is 0 Å². The molecule has 1 aliphatic heterocycles. The Hall–Kier alpha value is -2.10. The molecule has 16 heteroatoms. The quantitative estimate of drug-likeness (QED) is 0.0835. The highest BCUT2D eigenvalue weighted by atomic mass is 35.5. The molecule has 250 valence electrons. The predicted molar refractivity (Wildman–Crippen MR) is 196 cm³/mol. The van der Waals surface area contributed by atoms with Crippen molar-refractivity contribution in [2.75, 3.05) is 37.9 Å². The minimum absolute atomic E-state index is 0.0279. The minimum atomic E-state index is -0.0893. The fourth-order valence-corrected chi connectivity index (χ4v) is 5.70. The predicted octanol–water partition coefficient (Wildman–Crippen LogP) is 8.55. The van der Waals surface area contributed by atoms with E-state index in [1.54, 1.807) is 0 Å². The summed E-state index contributed by atoms with van der Waals surface area (Å²) in [6, 6.07) is 14.8. The molecule has 0 saturated carbocycles. The van der Waals surface area contributed by atoms with E-state index in [0.29, 0.717) is 27.1 Å². The third-order valence-electron chi connectivity index (χ3n) is 5.49. The number of thioether (sulfide) groups is 1. The molecule has 0 radical (unpaired) electrons. The molecule has 5 rings (SSSR count). The third-order valence-corrected chi connectivity index (χ3v) is 8.97. The summed E-state index contributed by atoms with van der Waals surface area (Å²) < 4.78 is 13.7. The zero-order chi connectivity index (χ0) is 33.6. The number of ether oxygens (including phenoxy) is 1. The van der Waals surface area contributed by atoms with Crippen LogP contribution in [0.5, 0.6) is 0 Å². The summed E-state index contributed by atoms with van der Waals surface area (Å²) in [7, 11) is 0. The second-order valence-corrected chi connectivity index (χ2v) is 13.8. The highest BCUT2D eigenvalue weighted by Gasteiger charge is 2.09. The Balaban J connectivity index is 0.000000241. The van der Waals surface area contributed by atoms with Crippen molar-refractivity contribution in [2.45, 2.75) is 43.9 Å². The van der Waals surface area contributed by atoms with Crippen molar-refractivity contribution in [3.05, 3.63) is 62.5 Å². The Bertz CT molecular complexity index is 1470. The van der Waals surface area contributed by atoms with Crippen LogP contribution in [0.25, 0.3) is 22.8 Å². The van der Waals surface area contributed by atoms with Crippen molar-refractivity contribution in [3.63, 3.8) is 0 Å². The van der Waals surface area contributed by atoms with Gasteiger partial charge in [-0.2, -0.15) is 4.37 Å². The van der Waals surface area contributed by atoms with E-state index in [0.717, 1.165) is 58.9 Å². The van der Waals surface area contributed by atoms with Crippen molar-refractivity contribution in [1.29, 1.82) is 0 Å². The van der Waals surface area contributed by atoms with E-state index in [-0.39, 0.29) is 17.7 Å². The zero-order valence-electron chi connectivity index (χ0n) is 25.5. The lowest BCUT2D eigenvalue weighted by molar-refractivity contribution is -0.119. The van der Waals surface area contributed by atoms with Crippen LogP contribution in [0.15, 0.2) is 52.9 Å². The number of hydrogen-bond donors (Lipinski definition) is 3. The van der Waals surface area contributed by atoms with E-state index in [9.17, 15) is 9.59 Å². The summed E-state index contributed by atoms with van der Waals surface area (Å²) in [6.45, 7) is 7.46. The molecule has 4 aromatic rings. The number of rotatable bonds is 10. The number of amides is 2. The van der Waals surface area contributed by atoms with Gasteiger partial charge < -0.3 is 15.4 Å². The van der Waals surface area contributed by atoms with Crippen LogP contribution < -0.4 is 10.6 Å². The second kappa shape index (κ2) is 24.1. The van der Waals surface area contributed by atoms with E-state index in [2.05, 4.69) is 29.3 Å². The van der Waals surface area contributed by atoms with E-state index in [1.165, 1.54) is 47.7 Å². The number of alkyl halides is 1. The number of nitrogens with zero attached hydrogens (tertiary/aromatic N) is 3. The van der Waals surface area contributed by atoms with E-state index in [1.807, 2.05) is 62.4 Å². The lowest BCUT2D eigenvalue weighted by Crippen LogP contribution is -2.25. The zero-order valence-corrected chi connectivity index (χ0v) is 31.1. The number of carbonyl (C=O) groups is 2. The maximum absolute atomic E-state index is 11.5. The minimum Gasteiger partial charge on any atom is -0.381 e. The molecule has 1 fully saturated rings. The first-order valence-corrected chi connectivity index (χ1v) is 18.7. The fraction of sp³-hybridized carbons (Fsp3) is 0.400. The van der Waals surface area contributed by atoms with Gasteiger partial charge in [-0.1, -0.05) is 48.8 Å². The molecule has 0 atom stereocenters. The summed E-state index contributed by atoms with van der Waals surface area (Å²) in [5, 5.41) is 6.85. The molecule has 0 unspecified atom stereocenters. The standard InChI is InChI=1S/C13H14ClN3OS2.C8H5ClN2S2.C5H10ClNO.C4H8O/c1-2-7-15-11(18)8-19-13-16-12(17-20-13)9-3-5-10(14)6-4-9;9-6-3-1-5(2-4-6)7-10-8(12)13-11-7;1-2-3-7-5(8)4-6;1-2-4-5-3-1/h3-6H,2,7-8H2,1H3,(H,15,18);1-4H,(H,10,11,12);2-4H2,1H3,(H,7,8);1-4H2. The molecule has 3 heterocycles. The number of carbonyl (C=O) groups excluding carboxylic acids is 2. The summed E-state index contributed by atoms with van der Waals surface area (Å²) >= 11 is 25.7. The maximum atomic E-state index is 11.5. The molecule has 46 heavy (non-hydrogen) atoms. The van der Waals surface area contributed by atoms with Gasteiger partial charge in [0.25, 0.3) is 0 Å². The summed E-state index contributed by atoms with van der Waals surface area (Å²) in [5.41, 5.74) is 1.92. The summed E-state index contributed by atoms with van der Waals surface area (Å²) in [4.78, 5) is 30.4. The molecule has 9 nitrogen and oxygen atoms in total. The van der Waals surface area contributed by atoms with Crippen molar-refractivity contribution in [1.82, 2.24) is 29.3 Å². The lowest BCUT2D eigenvalue weighted by atomic mass is 10.2. The Morgan fingerprint density at radius 1 is 0.913 bits per heavy atom. The van der Waals surface area contributed by atoms with Crippen molar-refractivity contribution < 1.29 is 14.3 Å². The first kappa shape index (κ1) is 40.1. The van der Waals surface area contributed by atoms with Crippen LogP contribution in [0.3, 0.4) is 0 Å². The highest BCUT2D eigenvalue weighted by molar-refractivity contribution is 8.01. The van der Waals surface area contributed by atoms with Crippen LogP contribution in [0.4, 0.5) is 0 Å². The highest BCUT2D eigenvalue weighted by Crippen LogP contribution is 2.26. The van der Waals surface area contributed by atoms with Gasteiger partial charge in [0.2, 0.25) is 11.8 Å². The van der Waals surface area contributed by atoms with Gasteiger partial charge in [0.1, 0.15) is 11.7 Å². The van der Waals surface area contributed by atoms with Gasteiger partial charge in [0.05, 0.1) is 5.75 Å². The molecule has 1 saturated heterocycles. The van der Waals surface area contributed by atoms with Crippen LogP contribution in [-0.2, 0) is 14.3 Å². The SMILES string of the molecule is C1CCOC1.CCCNC(=O)CCl.CCCNC(=O)CSc1nc(-c2ccc(Cl)cc2)ns1.S=c1nc(-c2ccc(Cl)cc2)[nH]s1. The van der Waals surface area contributed by atoms with Crippen molar-refractivity contribution >= 4 is 93.7 Å². The molecule has 0 spiro atoms. The van der Waals surface area contributed by atoms with Crippen molar-refractivity contribution in [3.8, 4) is 22.8 Å². The van der Waals surface area contributed by atoms with Crippen LogP contribution in [0, 0.1) is 3.95 Å². The third kappa shape index (κ3) is 17.2. The second-order valence-electron chi connectivity index (χ2n) is 9.27. The Kier molecular flexibility index (Phi) is 21.0. The number of halogens is 3. The van der Waals surface area contributed by atoms with Crippen LogP contribution in [0.1, 0.15) is 39.5 Å². The summed E-state index contributed by atoms with van der Waals surface area (Å²) in [6.07, 6.45) is 4.46. The van der Waals surface area contributed by atoms with Gasteiger partial charge in [0.15, 0.2) is 14.1 Å². The number of H-pyrrole nitrogens is 1. The first-order chi connectivity index (χ1) is 22.2. The molecule has 1 aliphatic rings. The Morgan fingerprint density at radius 3 is 1.96 bits per heavy atom. The van der Waals surface area contributed by atoms with E-state index < -0.39 is 0 Å².